The molecule has 0 saturated carbocycles. The molecule has 0 radical (unpaired) electrons. The molecule has 3 aromatic carbocycles. The van der Waals surface area contributed by atoms with E-state index in [1.165, 1.54) is 30.3 Å². The molecule has 0 atom stereocenters. The molecule has 186 valence electrons. The molecule has 0 aliphatic carbocycles. The largest absolute Gasteiger partial charge is 0.490 e. The van der Waals surface area contributed by atoms with Gasteiger partial charge in [-0.25, -0.2) is 0 Å². The van der Waals surface area contributed by atoms with Crippen LogP contribution in [0.15, 0.2) is 76.5 Å². The van der Waals surface area contributed by atoms with E-state index in [4.69, 9.17) is 32.1 Å². The van der Waals surface area contributed by atoms with Crippen LogP contribution in [0.5, 0.6) is 11.5 Å². The van der Waals surface area contributed by atoms with Gasteiger partial charge in [0, 0.05) is 5.02 Å². The van der Waals surface area contributed by atoms with Crippen molar-refractivity contribution >= 4 is 62.3 Å². The molecule has 0 bridgehead atoms. The Morgan fingerprint density at radius 1 is 0.972 bits per heavy atom. The highest BCUT2D eigenvalue weighted by Crippen LogP contribution is 2.40. The van der Waals surface area contributed by atoms with E-state index in [1.54, 1.807) is 49.4 Å². The molecule has 2 amide bonds. The van der Waals surface area contributed by atoms with Gasteiger partial charge >= 0.3 is 10.1 Å². The first-order valence-electron chi connectivity index (χ1n) is 10.6. The lowest BCUT2D eigenvalue weighted by atomic mass is 10.1. The normalized spacial score (nSPS) is 15.0. The highest BCUT2D eigenvalue weighted by molar-refractivity contribution is 8.18. The minimum Gasteiger partial charge on any atom is -0.490 e. The number of thioether (sulfide) groups is 1. The maximum absolute atomic E-state index is 12.9. The summed E-state index contributed by atoms with van der Waals surface area (Å²) < 4.78 is 36.3. The summed E-state index contributed by atoms with van der Waals surface area (Å²) >= 11 is 13.3. The van der Waals surface area contributed by atoms with Crippen molar-refractivity contribution in [1.29, 1.82) is 0 Å². The topological polar surface area (TPSA) is 90.0 Å². The number of carbonyl (C=O) groups is 2. The average molecular weight is 564 g/mol. The molecule has 11 heteroatoms. The minimum atomic E-state index is -4.17. The first-order valence-corrected chi connectivity index (χ1v) is 13.6. The number of hydrogen-bond acceptors (Lipinski definition) is 7. The number of nitrogens with zero attached hydrogens (tertiary/aromatic N) is 1. The zero-order valence-corrected chi connectivity index (χ0v) is 22.0. The first kappa shape index (κ1) is 26.1. The molecule has 1 heterocycles. The van der Waals surface area contributed by atoms with Crippen LogP contribution in [0.25, 0.3) is 6.08 Å². The van der Waals surface area contributed by atoms with E-state index >= 15 is 0 Å². The Morgan fingerprint density at radius 2 is 1.67 bits per heavy atom. The maximum Gasteiger partial charge on any atom is 0.339 e. The molecule has 0 spiro atoms. The van der Waals surface area contributed by atoms with E-state index in [0.717, 1.165) is 16.7 Å². The molecule has 1 aliphatic rings. The van der Waals surface area contributed by atoms with Gasteiger partial charge < -0.3 is 8.92 Å². The predicted octanol–water partition coefficient (Wildman–Crippen LogP) is 6.40. The summed E-state index contributed by atoms with van der Waals surface area (Å²) in [6.07, 6.45) is 1.49. The maximum atomic E-state index is 12.9. The molecule has 1 fully saturated rings. The van der Waals surface area contributed by atoms with Crippen LogP contribution in [-0.2, 0) is 21.5 Å². The van der Waals surface area contributed by atoms with Gasteiger partial charge in [-0.05, 0) is 66.2 Å². The summed E-state index contributed by atoms with van der Waals surface area (Å²) in [5, 5.41) is -0.0204. The molecule has 1 saturated heterocycles. The van der Waals surface area contributed by atoms with E-state index in [0.29, 0.717) is 16.1 Å². The molecule has 7 nitrogen and oxygen atoms in total. The second kappa shape index (κ2) is 11.0. The van der Waals surface area contributed by atoms with Crippen LogP contribution in [0.4, 0.5) is 4.79 Å². The van der Waals surface area contributed by atoms with Gasteiger partial charge in [0.1, 0.15) is 4.90 Å². The van der Waals surface area contributed by atoms with Crippen LogP contribution in [0.1, 0.15) is 18.1 Å². The summed E-state index contributed by atoms with van der Waals surface area (Å²) in [5.74, 6) is -0.580. The highest BCUT2D eigenvalue weighted by Gasteiger charge is 2.35. The molecule has 0 aromatic heterocycles. The van der Waals surface area contributed by atoms with Crippen LogP contribution < -0.4 is 8.92 Å². The van der Waals surface area contributed by atoms with Gasteiger partial charge in [0.2, 0.25) is 5.75 Å². The van der Waals surface area contributed by atoms with E-state index < -0.39 is 21.3 Å². The van der Waals surface area contributed by atoms with Crippen molar-refractivity contribution in [3.05, 3.63) is 92.8 Å². The third kappa shape index (κ3) is 5.70. The quantitative estimate of drug-likeness (QED) is 0.231. The Labute approximate surface area is 222 Å². The summed E-state index contributed by atoms with van der Waals surface area (Å²) in [4.78, 5) is 26.7. The monoisotopic (exact) mass is 563 g/mol. The van der Waals surface area contributed by atoms with Gasteiger partial charge in [-0.15, -0.1) is 0 Å². The summed E-state index contributed by atoms with van der Waals surface area (Å²) in [7, 11) is -4.17. The van der Waals surface area contributed by atoms with E-state index in [1.807, 2.05) is 0 Å². The average Bonchev–Trinajstić information content (AvgIpc) is 3.10. The van der Waals surface area contributed by atoms with Gasteiger partial charge in [0.05, 0.1) is 23.1 Å². The fraction of sp³-hybridized carbons (Fsp3) is 0.120. The van der Waals surface area contributed by atoms with E-state index in [-0.39, 0.29) is 39.5 Å². The number of ether oxygens (including phenoxy) is 1. The number of rotatable bonds is 8. The van der Waals surface area contributed by atoms with Crippen molar-refractivity contribution in [2.75, 3.05) is 6.61 Å². The predicted molar refractivity (Wildman–Crippen MR) is 140 cm³/mol. The summed E-state index contributed by atoms with van der Waals surface area (Å²) in [6.45, 7) is 1.96. The van der Waals surface area contributed by atoms with E-state index in [2.05, 4.69) is 0 Å². The van der Waals surface area contributed by atoms with Gasteiger partial charge in [0.15, 0.2) is 5.75 Å². The molecule has 36 heavy (non-hydrogen) atoms. The van der Waals surface area contributed by atoms with Crippen LogP contribution in [-0.4, -0.2) is 31.1 Å². The van der Waals surface area contributed by atoms with Crippen LogP contribution in [0.2, 0.25) is 10.0 Å². The molecular formula is C25H19Cl2NO6S2. The van der Waals surface area contributed by atoms with Gasteiger partial charge in [0.25, 0.3) is 11.1 Å². The fourth-order valence-electron chi connectivity index (χ4n) is 3.34. The van der Waals surface area contributed by atoms with Crippen molar-refractivity contribution in [2.24, 2.45) is 0 Å². The Morgan fingerprint density at radius 3 is 2.36 bits per heavy atom. The van der Waals surface area contributed by atoms with Crippen molar-refractivity contribution < 1.29 is 26.9 Å². The van der Waals surface area contributed by atoms with Gasteiger partial charge in [-0.1, -0.05) is 59.6 Å². The number of imide groups is 1. The van der Waals surface area contributed by atoms with Crippen LogP contribution >= 0.6 is 35.0 Å². The summed E-state index contributed by atoms with van der Waals surface area (Å²) in [6, 6.07) is 17.5. The second-order valence-corrected chi connectivity index (χ2v) is 10.8. The Hall–Kier alpha value is -2.98. The number of benzene rings is 3. The number of amides is 2. The molecular weight excluding hydrogens is 545 g/mol. The SMILES string of the molecule is CCOc1cc(/C=C2\SC(=O)N(Cc3ccccc3Cl)C2=O)cc(Cl)c1OS(=O)(=O)c1ccccc1. The Balaban J connectivity index is 1.63. The van der Waals surface area contributed by atoms with Crippen LogP contribution in [0, 0.1) is 0 Å². The number of carbonyl (C=O) groups excluding carboxylic acids is 2. The van der Waals surface area contributed by atoms with Crippen LogP contribution in [0.3, 0.4) is 0 Å². The smallest absolute Gasteiger partial charge is 0.339 e. The lowest BCUT2D eigenvalue weighted by Crippen LogP contribution is -2.27. The third-order valence-corrected chi connectivity index (χ3v) is 7.81. The zero-order valence-electron chi connectivity index (χ0n) is 18.8. The molecule has 0 unspecified atom stereocenters. The fourth-order valence-corrected chi connectivity index (χ4v) is 5.66. The lowest BCUT2D eigenvalue weighted by Gasteiger charge is -2.14. The molecule has 4 rings (SSSR count). The molecule has 3 aromatic rings. The standard InChI is InChI=1S/C25H19Cl2NO6S2/c1-2-33-21-13-16(12-20(27)23(21)34-36(31,32)18-9-4-3-5-10-18)14-22-24(29)28(25(30)35-22)15-17-8-6-7-11-19(17)26/h3-14H,2,15H2,1H3/b22-14-. The van der Waals surface area contributed by atoms with Gasteiger partial charge in [-0.3, -0.25) is 14.5 Å². The summed E-state index contributed by atoms with van der Waals surface area (Å²) in [5.41, 5.74) is 1.07. The highest BCUT2D eigenvalue weighted by atomic mass is 35.5. The number of halogens is 2. The lowest BCUT2D eigenvalue weighted by molar-refractivity contribution is -0.123. The van der Waals surface area contributed by atoms with E-state index in [9.17, 15) is 18.0 Å². The molecule has 0 N–H and O–H groups in total. The first-order chi connectivity index (χ1) is 17.2. The van der Waals surface area contributed by atoms with Crippen molar-refractivity contribution in [2.45, 2.75) is 18.4 Å². The number of hydrogen-bond donors (Lipinski definition) is 0. The second-order valence-electron chi connectivity index (χ2n) is 7.47. The minimum absolute atomic E-state index is 0.0384. The third-order valence-electron chi connectivity index (χ3n) is 5.01. The Bertz CT molecular complexity index is 1460. The Kier molecular flexibility index (Phi) is 7.94. The van der Waals surface area contributed by atoms with Gasteiger partial charge in [-0.2, -0.15) is 8.42 Å². The van der Waals surface area contributed by atoms with Crippen molar-refractivity contribution in [3.63, 3.8) is 0 Å². The zero-order chi connectivity index (χ0) is 25.9. The van der Waals surface area contributed by atoms with Crippen molar-refractivity contribution in [1.82, 2.24) is 4.90 Å². The van der Waals surface area contributed by atoms with Crippen molar-refractivity contribution in [3.8, 4) is 11.5 Å². The molecule has 1 aliphatic heterocycles.